The third kappa shape index (κ3) is 4.25. The van der Waals surface area contributed by atoms with Crippen LogP contribution in [0.15, 0.2) is 29.2 Å². The largest absolute Gasteiger partial charge is 0.503 e. The van der Waals surface area contributed by atoms with Gasteiger partial charge in [0.05, 0.1) is 18.2 Å². The van der Waals surface area contributed by atoms with E-state index in [1.807, 2.05) is 13.8 Å². The highest BCUT2D eigenvalue weighted by atomic mass is 32.1. The van der Waals surface area contributed by atoms with E-state index in [4.69, 9.17) is 4.74 Å². The highest BCUT2D eigenvalue weighted by molar-refractivity contribution is 7.14. The van der Waals surface area contributed by atoms with Crippen molar-refractivity contribution in [2.45, 2.75) is 32.4 Å². The number of fused-ring (bicyclic) bond motifs is 1. The van der Waals surface area contributed by atoms with E-state index in [1.165, 1.54) is 19.4 Å². The van der Waals surface area contributed by atoms with Crippen LogP contribution in [0.4, 0.5) is 8.78 Å². The molecule has 1 amide bonds. The van der Waals surface area contributed by atoms with Crippen LogP contribution in [0.1, 0.15) is 40.9 Å². The van der Waals surface area contributed by atoms with Crippen LogP contribution < -0.4 is 5.43 Å². The lowest BCUT2D eigenvalue weighted by atomic mass is 10.1. The molecule has 3 aromatic rings. The summed E-state index contributed by atoms with van der Waals surface area (Å²) in [6.07, 6.45) is 1.55. The summed E-state index contributed by atoms with van der Waals surface area (Å²) in [5, 5.41) is 19.4. The first-order chi connectivity index (χ1) is 15.7. The first-order valence-corrected chi connectivity index (χ1v) is 11.1. The number of aromatic nitrogens is 3. The fraction of sp³-hybridized carbons (Fsp3) is 0.364. The molecule has 0 aliphatic carbocycles. The lowest BCUT2D eigenvalue weighted by Crippen LogP contribution is -2.48. The van der Waals surface area contributed by atoms with Crippen molar-refractivity contribution in [3.8, 4) is 16.3 Å². The number of nitrogens with zero attached hydrogens (tertiary/aromatic N) is 4. The molecule has 0 spiro atoms. The average molecular weight is 477 g/mol. The van der Waals surface area contributed by atoms with Gasteiger partial charge in [0, 0.05) is 38.4 Å². The number of aromatic hydroxyl groups is 1. The molecule has 11 heteroatoms. The number of halogens is 2. The van der Waals surface area contributed by atoms with E-state index in [1.54, 1.807) is 9.47 Å². The van der Waals surface area contributed by atoms with Crippen LogP contribution in [0.3, 0.4) is 0 Å². The van der Waals surface area contributed by atoms with Crippen molar-refractivity contribution in [3.63, 3.8) is 0 Å². The Hall–Kier alpha value is -3.18. The van der Waals surface area contributed by atoms with Crippen LogP contribution in [-0.2, 0) is 11.2 Å². The molecule has 4 rings (SSSR count). The Labute approximate surface area is 192 Å². The zero-order chi connectivity index (χ0) is 23.9. The van der Waals surface area contributed by atoms with Crippen molar-refractivity contribution >= 4 is 17.2 Å². The van der Waals surface area contributed by atoms with Crippen molar-refractivity contribution in [3.05, 3.63) is 62.5 Å². The number of methoxy groups -OCH3 is 1. The fourth-order valence-corrected chi connectivity index (χ4v) is 4.71. The van der Waals surface area contributed by atoms with Crippen LogP contribution in [0.5, 0.6) is 5.75 Å². The van der Waals surface area contributed by atoms with Gasteiger partial charge in [-0.15, -0.1) is 10.2 Å². The minimum absolute atomic E-state index is 0.0656. The van der Waals surface area contributed by atoms with Gasteiger partial charge in [0.25, 0.3) is 5.91 Å². The van der Waals surface area contributed by atoms with E-state index >= 15 is 0 Å². The molecular formula is C22H22F2N4O4S. The minimum Gasteiger partial charge on any atom is -0.503 e. The summed E-state index contributed by atoms with van der Waals surface area (Å²) in [5.74, 6) is -2.48. The molecule has 0 saturated heterocycles. The topological polar surface area (TPSA) is 97.6 Å². The highest BCUT2D eigenvalue weighted by Gasteiger charge is 2.36. The van der Waals surface area contributed by atoms with E-state index < -0.39 is 28.7 Å². The van der Waals surface area contributed by atoms with E-state index in [2.05, 4.69) is 10.2 Å². The van der Waals surface area contributed by atoms with Gasteiger partial charge in [-0.05, 0) is 25.5 Å². The Morgan fingerprint density at radius 3 is 2.70 bits per heavy atom. The van der Waals surface area contributed by atoms with Crippen LogP contribution in [0, 0.1) is 11.6 Å². The van der Waals surface area contributed by atoms with Crippen molar-refractivity contribution in [2.24, 2.45) is 0 Å². The second-order valence-electron chi connectivity index (χ2n) is 8.05. The molecule has 1 aliphatic rings. The molecule has 0 saturated carbocycles. The quantitative estimate of drug-likeness (QED) is 0.588. The maximum absolute atomic E-state index is 14.0. The first-order valence-electron chi connectivity index (χ1n) is 10.3. The molecule has 8 nitrogen and oxygen atoms in total. The summed E-state index contributed by atoms with van der Waals surface area (Å²) in [6, 6.07) is 2.82. The molecule has 1 atom stereocenters. The Kier molecular flexibility index (Phi) is 6.26. The molecule has 174 valence electrons. The monoisotopic (exact) mass is 476 g/mol. The second kappa shape index (κ2) is 8.99. The van der Waals surface area contributed by atoms with Gasteiger partial charge in [-0.3, -0.25) is 9.59 Å². The smallest absolute Gasteiger partial charge is 0.274 e. The molecular weight excluding hydrogens is 454 g/mol. The molecule has 33 heavy (non-hydrogen) atoms. The molecule has 0 bridgehead atoms. The maximum atomic E-state index is 14.0. The van der Waals surface area contributed by atoms with Crippen molar-refractivity contribution in [1.29, 1.82) is 0 Å². The Bertz CT molecular complexity index is 1270. The predicted octanol–water partition coefficient (Wildman–Crippen LogP) is 2.99. The maximum Gasteiger partial charge on any atom is 0.274 e. The van der Waals surface area contributed by atoms with Gasteiger partial charge in [-0.2, -0.15) is 0 Å². The Morgan fingerprint density at radius 1 is 1.27 bits per heavy atom. The summed E-state index contributed by atoms with van der Waals surface area (Å²) < 4.78 is 34.0. The molecule has 0 unspecified atom stereocenters. The molecule has 3 heterocycles. The molecule has 0 radical (unpaired) electrons. The summed E-state index contributed by atoms with van der Waals surface area (Å²) >= 11 is 1.05. The standard InChI is InChI=1S/C22H22F2N4O4S/c1-11(2)27-8-14(10-32-3)28-9-15(19(29)20(30)18(28)22(27)31)21-26-25-17(33-21)6-12-4-5-13(23)7-16(12)24/h4-5,7,9,11,14,30H,6,8,10H2,1-3H3/t14-/m1/s1. The van der Waals surface area contributed by atoms with Crippen LogP contribution >= 0.6 is 11.3 Å². The van der Waals surface area contributed by atoms with E-state index in [0.29, 0.717) is 11.6 Å². The summed E-state index contributed by atoms with van der Waals surface area (Å²) in [4.78, 5) is 27.5. The molecule has 1 aliphatic heterocycles. The fourth-order valence-electron chi connectivity index (χ4n) is 3.84. The van der Waals surface area contributed by atoms with Crippen LogP contribution in [0.25, 0.3) is 10.6 Å². The third-order valence-electron chi connectivity index (χ3n) is 5.51. The second-order valence-corrected chi connectivity index (χ2v) is 9.11. The number of rotatable bonds is 6. The number of carbonyl (C=O) groups is 1. The van der Waals surface area contributed by atoms with E-state index in [0.717, 1.165) is 23.5 Å². The van der Waals surface area contributed by atoms with Gasteiger partial charge in [-0.25, -0.2) is 8.78 Å². The van der Waals surface area contributed by atoms with E-state index in [-0.39, 0.29) is 46.9 Å². The number of amides is 1. The van der Waals surface area contributed by atoms with Crippen molar-refractivity contribution < 1.29 is 23.4 Å². The number of hydrogen-bond acceptors (Lipinski definition) is 7. The van der Waals surface area contributed by atoms with Gasteiger partial charge in [0.15, 0.2) is 16.5 Å². The Morgan fingerprint density at radius 2 is 2.03 bits per heavy atom. The van der Waals surface area contributed by atoms with E-state index in [9.17, 15) is 23.5 Å². The van der Waals surface area contributed by atoms with Gasteiger partial charge in [0.1, 0.15) is 16.6 Å². The number of hydrogen-bond donors (Lipinski definition) is 1. The molecule has 1 N–H and O–H groups in total. The lowest BCUT2D eigenvalue weighted by Gasteiger charge is -2.38. The van der Waals surface area contributed by atoms with Gasteiger partial charge in [-0.1, -0.05) is 17.4 Å². The molecule has 2 aromatic heterocycles. The number of carbonyl (C=O) groups excluding carboxylic acids is 1. The number of ether oxygens (including phenoxy) is 1. The number of benzene rings is 1. The minimum atomic E-state index is -0.743. The van der Waals surface area contributed by atoms with Crippen LogP contribution in [-0.4, -0.2) is 57.0 Å². The number of pyridine rings is 1. The zero-order valence-corrected chi connectivity index (χ0v) is 19.0. The predicted molar refractivity (Wildman–Crippen MR) is 118 cm³/mol. The van der Waals surface area contributed by atoms with Crippen LogP contribution in [0.2, 0.25) is 0 Å². The molecule has 0 fully saturated rings. The van der Waals surface area contributed by atoms with Crippen molar-refractivity contribution in [1.82, 2.24) is 19.7 Å². The first kappa shape index (κ1) is 23.0. The summed E-state index contributed by atoms with van der Waals surface area (Å²) in [5.41, 5.74) is -0.522. The third-order valence-corrected chi connectivity index (χ3v) is 6.47. The summed E-state index contributed by atoms with van der Waals surface area (Å²) in [6.45, 7) is 4.32. The average Bonchev–Trinajstić information content (AvgIpc) is 3.22. The lowest BCUT2D eigenvalue weighted by molar-refractivity contribution is 0.0511. The SMILES string of the molecule is COC[C@H]1CN(C(C)C)C(=O)c2c(O)c(=O)c(-c3nnc(Cc4ccc(F)cc4F)s3)cn21. The van der Waals surface area contributed by atoms with Gasteiger partial charge >= 0.3 is 0 Å². The highest BCUT2D eigenvalue weighted by Crippen LogP contribution is 2.31. The van der Waals surface area contributed by atoms with Gasteiger partial charge in [0.2, 0.25) is 5.43 Å². The zero-order valence-electron chi connectivity index (χ0n) is 18.2. The van der Waals surface area contributed by atoms with Crippen molar-refractivity contribution in [2.75, 3.05) is 20.3 Å². The normalized spacial score (nSPS) is 15.9. The van der Waals surface area contributed by atoms with Gasteiger partial charge < -0.3 is 19.3 Å². The molecule has 1 aromatic carbocycles. The Balaban J connectivity index is 1.75. The summed E-state index contributed by atoms with van der Waals surface area (Å²) in [7, 11) is 1.53.